The van der Waals surface area contributed by atoms with Gasteiger partial charge in [0, 0.05) is 46.3 Å². The van der Waals surface area contributed by atoms with Crippen LogP contribution in [0.25, 0.3) is 0 Å². The number of halogens is 1. The molecule has 7 nitrogen and oxygen atoms in total. The number of ether oxygens (including phenoxy) is 2. The molecule has 2 aliphatic rings. The van der Waals surface area contributed by atoms with Crippen molar-refractivity contribution in [2.24, 2.45) is 10.9 Å². The van der Waals surface area contributed by atoms with Crippen molar-refractivity contribution in [1.29, 1.82) is 0 Å². The molecule has 0 saturated carbocycles. The van der Waals surface area contributed by atoms with Crippen LogP contribution in [-0.4, -0.2) is 76.4 Å². The molecule has 146 valence electrons. The van der Waals surface area contributed by atoms with Crippen molar-refractivity contribution in [3.63, 3.8) is 0 Å². The van der Waals surface area contributed by atoms with Crippen LogP contribution in [0.4, 0.5) is 0 Å². The van der Waals surface area contributed by atoms with Crippen LogP contribution >= 0.6 is 24.0 Å². The predicted octanol–water partition coefficient (Wildman–Crippen LogP) is 1.22. The second-order valence-electron chi connectivity index (χ2n) is 6.77. The van der Waals surface area contributed by atoms with Crippen LogP contribution in [0, 0.1) is 5.92 Å². The van der Waals surface area contributed by atoms with Crippen LogP contribution in [0.3, 0.4) is 0 Å². The highest BCUT2D eigenvalue weighted by molar-refractivity contribution is 14.0. The number of nitrogens with one attached hydrogen (secondary N) is 2. The highest BCUT2D eigenvalue weighted by atomic mass is 127. The molecule has 8 heteroatoms. The standard InChI is InChI=1S/C17H32N4O3.HI/c1-21(2)16(22)12-20-17(19-11-14-7-10-23-13-14)18-8-6-15-5-3-4-9-24-15;/h14-15H,3-13H2,1-2H3,(H2,18,19,20);1H. The first-order valence-corrected chi connectivity index (χ1v) is 9.07. The van der Waals surface area contributed by atoms with Crippen LogP contribution < -0.4 is 10.6 Å². The van der Waals surface area contributed by atoms with E-state index in [1.54, 1.807) is 19.0 Å². The number of rotatable bonds is 7. The van der Waals surface area contributed by atoms with Gasteiger partial charge in [-0.05, 0) is 32.1 Å². The molecule has 1 amide bonds. The summed E-state index contributed by atoms with van der Waals surface area (Å²) in [6, 6.07) is 0. The zero-order valence-corrected chi connectivity index (χ0v) is 17.8. The number of amides is 1. The van der Waals surface area contributed by atoms with Crippen LogP contribution in [0.5, 0.6) is 0 Å². The molecule has 2 aliphatic heterocycles. The smallest absolute Gasteiger partial charge is 0.243 e. The van der Waals surface area contributed by atoms with Gasteiger partial charge in [0.1, 0.15) is 6.54 Å². The number of hydrogen-bond donors (Lipinski definition) is 2. The fourth-order valence-corrected chi connectivity index (χ4v) is 2.83. The summed E-state index contributed by atoms with van der Waals surface area (Å²) in [4.78, 5) is 17.7. The summed E-state index contributed by atoms with van der Waals surface area (Å²) in [6.45, 7) is 4.29. The van der Waals surface area contributed by atoms with E-state index in [4.69, 9.17) is 9.47 Å². The second kappa shape index (κ2) is 12.7. The van der Waals surface area contributed by atoms with Crippen molar-refractivity contribution < 1.29 is 14.3 Å². The van der Waals surface area contributed by atoms with E-state index in [2.05, 4.69) is 15.6 Å². The SMILES string of the molecule is CN(C)C(=O)CN=C(NCCC1CCCCO1)NCC1CCOC1.I. The Morgan fingerprint density at radius 2 is 2.04 bits per heavy atom. The summed E-state index contributed by atoms with van der Waals surface area (Å²) >= 11 is 0. The molecule has 2 rings (SSSR count). The number of aliphatic imine (C=N–C) groups is 1. The molecule has 0 spiro atoms. The van der Waals surface area contributed by atoms with Crippen molar-refractivity contribution in [1.82, 2.24) is 15.5 Å². The predicted molar refractivity (Wildman–Crippen MR) is 110 cm³/mol. The Bertz CT molecular complexity index is 409. The van der Waals surface area contributed by atoms with Gasteiger partial charge in [-0.25, -0.2) is 4.99 Å². The number of likely N-dealkylation sites (N-methyl/N-ethyl adjacent to an activating group) is 1. The van der Waals surface area contributed by atoms with E-state index in [1.807, 2.05) is 0 Å². The first kappa shape index (κ1) is 22.4. The maximum atomic E-state index is 11.8. The average Bonchev–Trinajstić information content (AvgIpc) is 3.10. The molecular weight excluding hydrogens is 435 g/mol. The molecule has 2 saturated heterocycles. The van der Waals surface area contributed by atoms with Crippen molar-refractivity contribution in [2.45, 2.75) is 38.2 Å². The molecule has 0 aliphatic carbocycles. The maximum absolute atomic E-state index is 11.8. The molecule has 2 heterocycles. The molecule has 0 bridgehead atoms. The van der Waals surface area contributed by atoms with Crippen molar-refractivity contribution in [2.75, 3.05) is 53.6 Å². The van der Waals surface area contributed by atoms with Crippen LogP contribution in [0.1, 0.15) is 32.1 Å². The zero-order chi connectivity index (χ0) is 17.2. The minimum Gasteiger partial charge on any atom is -0.381 e. The minimum absolute atomic E-state index is 0. The summed E-state index contributed by atoms with van der Waals surface area (Å²) in [5.74, 6) is 1.21. The van der Waals surface area contributed by atoms with Gasteiger partial charge < -0.3 is 25.0 Å². The van der Waals surface area contributed by atoms with Gasteiger partial charge >= 0.3 is 0 Å². The summed E-state index contributed by atoms with van der Waals surface area (Å²) in [5, 5.41) is 6.67. The number of nitrogens with zero attached hydrogens (tertiary/aromatic N) is 2. The molecule has 0 aromatic heterocycles. The first-order chi connectivity index (χ1) is 11.6. The Hall–Kier alpha value is -0.610. The van der Waals surface area contributed by atoms with Crippen LogP contribution in [0.2, 0.25) is 0 Å². The number of carbonyl (C=O) groups is 1. The lowest BCUT2D eigenvalue weighted by atomic mass is 10.1. The number of guanidine groups is 1. The van der Waals surface area contributed by atoms with E-state index in [-0.39, 0.29) is 36.4 Å². The van der Waals surface area contributed by atoms with Gasteiger partial charge in [-0.1, -0.05) is 0 Å². The Morgan fingerprint density at radius 3 is 2.68 bits per heavy atom. The topological polar surface area (TPSA) is 75.2 Å². The van der Waals surface area contributed by atoms with E-state index in [1.165, 1.54) is 12.8 Å². The van der Waals surface area contributed by atoms with E-state index >= 15 is 0 Å². The Labute approximate surface area is 168 Å². The fraction of sp³-hybridized carbons (Fsp3) is 0.882. The Kier molecular flexibility index (Phi) is 11.4. The molecule has 0 aromatic rings. The van der Waals surface area contributed by atoms with Crippen LogP contribution in [-0.2, 0) is 14.3 Å². The fourth-order valence-electron chi connectivity index (χ4n) is 2.83. The summed E-state index contributed by atoms with van der Waals surface area (Å²) < 4.78 is 11.2. The minimum atomic E-state index is -0.00378. The van der Waals surface area contributed by atoms with Crippen LogP contribution in [0.15, 0.2) is 4.99 Å². The third-order valence-electron chi connectivity index (χ3n) is 4.49. The lowest BCUT2D eigenvalue weighted by molar-refractivity contribution is -0.127. The monoisotopic (exact) mass is 468 g/mol. The normalized spacial score (nSPS) is 23.7. The van der Waals surface area contributed by atoms with Gasteiger partial charge in [-0.3, -0.25) is 4.79 Å². The number of hydrogen-bond acceptors (Lipinski definition) is 4. The summed E-state index contributed by atoms with van der Waals surface area (Å²) in [5.41, 5.74) is 0. The van der Waals surface area contributed by atoms with Gasteiger partial charge in [0.2, 0.25) is 5.91 Å². The molecule has 0 aromatic carbocycles. The van der Waals surface area contributed by atoms with Gasteiger partial charge in [-0.15, -0.1) is 24.0 Å². The quantitative estimate of drug-likeness (QED) is 0.334. The Balaban J connectivity index is 0.00000312. The molecule has 2 fully saturated rings. The number of carbonyl (C=O) groups excluding carboxylic acids is 1. The highest BCUT2D eigenvalue weighted by Crippen LogP contribution is 2.14. The first-order valence-electron chi connectivity index (χ1n) is 9.07. The van der Waals surface area contributed by atoms with E-state index < -0.39 is 0 Å². The van der Waals surface area contributed by atoms with Gasteiger partial charge in [-0.2, -0.15) is 0 Å². The van der Waals surface area contributed by atoms with E-state index in [0.29, 0.717) is 18.0 Å². The molecule has 2 N–H and O–H groups in total. The molecule has 25 heavy (non-hydrogen) atoms. The van der Waals surface area contributed by atoms with Crippen molar-refractivity contribution in [3.05, 3.63) is 0 Å². The lowest BCUT2D eigenvalue weighted by Gasteiger charge is -2.23. The molecule has 2 atom stereocenters. The van der Waals surface area contributed by atoms with E-state index in [9.17, 15) is 4.79 Å². The third kappa shape index (κ3) is 9.05. The largest absolute Gasteiger partial charge is 0.381 e. The maximum Gasteiger partial charge on any atom is 0.243 e. The summed E-state index contributed by atoms with van der Waals surface area (Å²) in [7, 11) is 3.49. The molecular formula is C17H33IN4O3. The third-order valence-corrected chi connectivity index (χ3v) is 4.49. The zero-order valence-electron chi connectivity index (χ0n) is 15.5. The van der Waals surface area contributed by atoms with Gasteiger partial charge in [0.25, 0.3) is 0 Å². The Morgan fingerprint density at radius 1 is 1.20 bits per heavy atom. The van der Waals surface area contributed by atoms with E-state index in [0.717, 1.165) is 52.2 Å². The highest BCUT2D eigenvalue weighted by Gasteiger charge is 2.17. The molecule has 2 unspecified atom stereocenters. The van der Waals surface area contributed by atoms with Gasteiger partial charge in [0.15, 0.2) is 5.96 Å². The average molecular weight is 468 g/mol. The summed E-state index contributed by atoms with van der Waals surface area (Å²) in [6.07, 6.45) is 5.96. The molecule has 0 radical (unpaired) electrons. The van der Waals surface area contributed by atoms with Gasteiger partial charge in [0.05, 0.1) is 12.7 Å². The van der Waals surface area contributed by atoms with Crippen molar-refractivity contribution >= 4 is 35.8 Å². The lowest BCUT2D eigenvalue weighted by Crippen LogP contribution is -2.42. The van der Waals surface area contributed by atoms with Crippen molar-refractivity contribution in [3.8, 4) is 0 Å². The second-order valence-corrected chi connectivity index (χ2v) is 6.77.